The van der Waals surface area contributed by atoms with Crippen molar-refractivity contribution in [1.82, 2.24) is 4.98 Å². The average Bonchev–Trinajstić information content (AvgIpc) is 3.09. The van der Waals surface area contributed by atoms with Crippen molar-refractivity contribution in [3.63, 3.8) is 0 Å². The summed E-state index contributed by atoms with van der Waals surface area (Å²) in [4.78, 5) is 26.5. The van der Waals surface area contributed by atoms with E-state index in [1.165, 1.54) is 18.4 Å². The largest absolute Gasteiger partial charge is 0.455 e. The van der Waals surface area contributed by atoms with Gasteiger partial charge in [-0.05, 0) is 25.1 Å². The van der Waals surface area contributed by atoms with Crippen molar-refractivity contribution < 1.29 is 18.9 Å². The molecule has 0 spiro atoms. The lowest BCUT2D eigenvalue weighted by Crippen LogP contribution is -2.06. The average molecular weight is 373 g/mol. The van der Waals surface area contributed by atoms with Crippen molar-refractivity contribution in [1.29, 1.82) is 0 Å². The Balaban J connectivity index is 1.67. The number of aryl methyl sites for hydroxylation is 1. The number of hydrogen-bond donors (Lipinski definition) is 0. The molecule has 0 saturated heterocycles. The van der Waals surface area contributed by atoms with E-state index in [1.54, 1.807) is 0 Å². The number of nitrogens with zero attached hydrogens (tertiary/aromatic N) is 2. The third-order valence-corrected chi connectivity index (χ3v) is 3.90. The number of aromatic nitrogens is 1. The zero-order valence-electron chi connectivity index (χ0n) is 13.6. The van der Waals surface area contributed by atoms with Gasteiger partial charge >= 0.3 is 5.97 Å². The van der Waals surface area contributed by atoms with Crippen LogP contribution in [0.3, 0.4) is 0 Å². The van der Waals surface area contributed by atoms with Crippen LogP contribution in [-0.2, 0) is 11.3 Å². The number of halogens is 1. The number of carbonyl (C=O) groups excluding carboxylic acids is 1. The van der Waals surface area contributed by atoms with Crippen molar-refractivity contribution in [3.05, 3.63) is 80.7 Å². The van der Waals surface area contributed by atoms with Crippen molar-refractivity contribution in [2.45, 2.75) is 13.5 Å². The van der Waals surface area contributed by atoms with E-state index in [1.807, 2.05) is 31.2 Å². The highest BCUT2D eigenvalue weighted by atomic mass is 35.5. The molecule has 0 atom stereocenters. The van der Waals surface area contributed by atoms with Crippen LogP contribution in [0.15, 0.2) is 53.1 Å². The van der Waals surface area contributed by atoms with Crippen molar-refractivity contribution in [2.75, 3.05) is 0 Å². The Kier molecular flexibility index (Phi) is 4.99. The minimum absolute atomic E-state index is 0.0412. The Morgan fingerprint density at radius 3 is 2.65 bits per heavy atom. The molecule has 0 fully saturated rings. The van der Waals surface area contributed by atoms with Crippen molar-refractivity contribution in [3.8, 4) is 11.5 Å². The molecule has 132 valence electrons. The van der Waals surface area contributed by atoms with Crippen LogP contribution in [0.1, 0.15) is 21.6 Å². The summed E-state index contributed by atoms with van der Waals surface area (Å²) in [5, 5.41) is 10.6. The lowest BCUT2D eigenvalue weighted by Gasteiger charge is -2.04. The molecule has 0 aliphatic carbocycles. The van der Waals surface area contributed by atoms with Crippen LogP contribution in [0.5, 0.6) is 0 Å². The molecule has 7 nitrogen and oxygen atoms in total. The summed E-state index contributed by atoms with van der Waals surface area (Å²) in [5.74, 6) is -0.283. The summed E-state index contributed by atoms with van der Waals surface area (Å²) < 4.78 is 10.5. The highest BCUT2D eigenvalue weighted by Gasteiger charge is 2.17. The molecule has 0 saturated carbocycles. The summed E-state index contributed by atoms with van der Waals surface area (Å²) >= 11 is 5.91. The minimum atomic E-state index is -0.704. The zero-order chi connectivity index (χ0) is 18.7. The number of non-ortho nitro benzene ring substituents is 1. The maximum absolute atomic E-state index is 12.1. The number of carbonyl (C=O) groups is 1. The molecule has 0 unspecified atom stereocenters. The summed E-state index contributed by atoms with van der Waals surface area (Å²) in [6.45, 7) is 1.87. The number of nitro benzene ring substituents is 1. The van der Waals surface area contributed by atoms with Crippen LogP contribution < -0.4 is 0 Å². The first kappa shape index (κ1) is 17.6. The third-order valence-electron chi connectivity index (χ3n) is 3.58. The zero-order valence-corrected chi connectivity index (χ0v) is 14.4. The van der Waals surface area contributed by atoms with E-state index >= 15 is 0 Å². The molecule has 3 aromatic rings. The van der Waals surface area contributed by atoms with Gasteiger partial charge in [-0.1, -0.05) is 29.3 Å². The lowest BCUT2D eigenvalue weighted by molar-refractivity contribution is -0.384. The number of hydrogen-bond acceptors (Lipinski definition) is 6. The van der Waals surface area contributed by atoms with Gasteiger partial charge in [0.1, 0.15) is 18.6 Å². The molecule has 2 aromatic carbocycles. The fraction of sp³-hybridized carbons (Fsp3) is 0.111. The Hall–Kier alpha value is -3.19. The molecule has 0 aliphatic rings. The molecule has 1 heterocycles. The van der Waals surface area contributed by atoms with E-state index in [9.17, 15) is 14.9 Å². The van der Waals surface area contributed by atoms with Crippen LogP contribution in [-0.4, -0.2) is 15.9 Å². The molecule has 0 N–H and O–H groups in total. The molecule has 0 radical (unpaired) electrons. The van der Waals surface area contributed by atoms with E-state index in [4.69, 9.17) is 20.8 Å². The van der Waals surface area contributed by atoms with Crippen LogP contribution >= 0.6 is 11.6 Å². The standard InChI is InChI=1S/C18H13ClN2O5/c1-11-2-4-12(5-3-11)17-20-13(9-25-17)10-26-18(22)15-7-6-14(21(23)24)8-16(15)19/h2-9H,10H2,1H3. The minimum Gasteiger partial charge on any atom is -0.455 e. The van der Waals surface area contributed by atoms with Crippen molar-refractivity contribution >= 4 is 23.3 Å². The Bertz CT molecular complexity index is 966. The van der Waals surface area contributed by atoms with E-state index in [2.05, 4.69) is 4.98 Å². The quantitative estimate of drug-likeness (QED) is 0.370. The lowest BCUT2D eigenvalue weighted by atomic mass is 10.1. The number of esters is 1. The maximum Gasteiger partial charge on any atom is 0.340 e. The van der Waals surface area contributed by atoms with Gasteiger partial charge in [-0.15, -0.1) is 0 Å². The Morgan fingerprint density at radius 2 is 2.00 bits per heavy atom. The number of oxazole rings is 1. The van der Waals surface area contributed by atoms with Crippen LogP contribution in [0, 0.1) is 17.0 Å². The second-order valence-electron chi connectivity index (χ2n) is 5.51. The molecule has 0 amide bonds. The van der Waals surface area contributed by atoms with Crippen LogP contribution in [0.4, 0.5) is 5.69 Å². The molecule has 0 aliphatic heterocycles. The SMILES string of the molecule is Cc1ccc(-c2nc(COC(=O)c3ccc([N+](=O)[O-])cc3Cl)co2)cc1. The van der Waals surface area contributed by atoms with E-state index in [0.717, 1.165) is 17.2 Å². The second kappa shape index (κ2) is 7.37. The molecule has 3 rings (SSSR count). The summed E-state index contributed by atoms with van der Waals surface area (Å²) in [6.07, 6.45) is 1.40. The third kappa shape index (κ3) is 3.89. The summed E-state index contributed by atoms with van der Waals surface area (Å²) in [7, 11) is 0. The van der Waals surface area contributed by atoms with Gasteiger partial charge in [-0.3, -0.25) is 10.1 Å². The Labute approximate surface area is 153 Å². The van der Waals surface area contributed by atoms with E-state index in [0.29, 0.717) is 11.6 Å². The fourth-order valence-corrected chi connectivity index (χ4v) is 2.45. The molecular weight excluding hydrogens is 360 g/mol. The predicted molar refractivity (Wildman–Crippen MR) is 93.9 cm³/mol. The van der Waals surface area contributed by atoms with Gasteiger partial charge in [0, 0.05) is 17.7 Å². The molecule has 26 heavy (non-hydrogen) atoms. The topological polar surface area (TPSA) is 95.5 Å². The van der Waals surface area contributed by atoms with Gasteiger partial charge in [-0.25, -0.2) is 9.78 Å². The first-order valence-electron chi connectivity index (χ1n) is 7.56. The molecule has 1 aromatic heterocycles. The number of ether oxygens (including phenoxy) is 1. The van der Waals surface area contributed by atoms with E-state index in [-0.39, 0.29) is 22.9 Å². The van der Waals surface area contributed by atoms with Gasteiger partial charge in [-0.2, -0.15) is 0 Å². The van der Waals surface area contributed by atoms with Gasteiger partial charge < -0.3 is 9.15 Å². The highest BCUT2D eigenvalue weighted by molar-refractivity contribution is 6.33. The molecule has 0 bridgehead atoms. The molecular formula is C18H13ClN2O5. The first-order valence-corrected chi connectivity index (χ1v) is 7.94. The van der Waals surface area contributed by atoms with Crippen molar-refractivity contribution in [2.24, 2.45) is 0 Å². The summed E-state index contributed by atoms with van der Waals surface area (Å²) in [6, 6.07) is 11.2. The van der Waals surface area contributed by atoms with Gasteiger partial charge in [0.15, 0.2) is 0 Å². The van der Waals surface area contributed by atoms with Crippen LogP contribution in [0.2, 0.25) is 5.02 Å². The second-order valence-corrected chi connectivity index (χ2v) is 5.91. The van der Waals surface area contributed by atoms with Gasteiger partial charge in [0.25, 0.3) is 5.69 Å². The summed E-state index contributed by atoms with van der Waals surface area (Å²) in [5.41, 5.74) is 2.21. The number of benzene rings is 2. The number of nitro groups is 1. The van der Waals surface area contributed by atoms with E-state index < -0.39 is 10.9 Å². The first-order chi connectivity index (χ1) is 12.4. The predicted octanol–water partition coefficient (Wildman–Crippen LogP) is 4.57. The normalized spacial score (nSPS) is 10.5. The smallest absolute Gasteiger partial charge is 0.340 e. The monoisotopic (exact) mass is 372 g/mol. The maximum atomic E-state index is 12.1. The van der Waals surface area contributed by atoms with Gasteiger partial charge in [0.05, 0.1) is 15.5 Å². The Morgan fingerprint density at radius 1 is 1.27 bits per heavy atom. The van der Waals surface area contributed by atoms with Gasteiger partial charge in [0.2, 0.25) is 5.89 Å². The van der Waals surface area contributed by atoms with Crippen LogP contribution in [0.25, 0.3) is 11.5 Å². The highest BCUT2D eigenvalue weighted by Crippen LogP contribution is 2.24. The number of rotatable bonds is 5. The molecule has 8 heteroatoms. The fourth-order valence-electron chi connectivity index (χ4n) is 2.20.